The SMILES string of the molecule is CCC1CNCCN1Cc1cc(C)nc2ccccc12. The van der Waals surface area contributed by atoms with Gasteiger partial charge in [-0.3, -0.25) is 9.88 Å². The molecule has 3 rings (SSSR count). The number of benzene rings is 1. The first-order chi connectivity index (χ1) is 9.78. The maximum absolute atomic E-state index is 4.64. The standard InChI is InChI=1S/C17H23N3/c1-3-15-11-18-8-9-20(15)12-14-10-13(2)19-17-7-5-4-6-16(14)17/h4-7,10,15,18H,3,8-9,11-12H2,1-2H3. The summed E-state index contributed by atoms with van der Waals surface area (Å²) in [7, 11) is 0. The molecule has 0 radical (unpaired) electrons. The van der Waals surface area contributed by atoms with Crippen LogP contribution in [0.15, 0.2) is 30.3 Å². The molecule has 0 saturated carbocycles. The van der Waals surface area contributed by atoms with Gasteiger partial charge in [0.1, 0.15) is 0 Å². The average Bonchev–Trinajstić information content (AvgIpc) is 2.47. The number of aryl methyl sites for hydroxylation is 1. The highest BCUT2D eigenvalue weighted by atomic mass is 15.2. The van der Waals surface area contributed by atoms with Crippen molar-refractivity contribution in [3.05, 3.63) is 41.6 Å². The molecule has 1 atom stereocenters. The monoisotopic (exact) mass is 269 g/mol. The summed E-state index contributed by atoms with van der Waals surface area (Å²) in [4.78, 5) is 7.25. The molecule has 1 aliphatic heterocycles. The molecule has 20 heavy (non-hydrogen) atoms. The van der Waals surface area contributed by atoms with Crippen LogP contribution in [-0.4, -0.2) is 35.6 Å². The Kier molecular flexibility index (Phi) is 3.99. The molecule has 1 saturated heterocycles. The van der Waals surface area contributed by atoms with E-state index in [1.165, 1.54) is 17.4 Å². The molecule has 3 heteroatoms. The van der Waals surface area contributed by atoms with Crippen LogP contribution in [0.3, 0.4) is 0 Å². The van der Waals surface area contributed by atoms with Crippen LogP contribution >= 0.6 is 0 Å². The fourth-order valence-electron chi connectivity index (χ4n) is 3.16. The van der Waals surface area contributed by atoms with Crippen LogP contribution in [0.25, 0.3) is 10.9 Å². The number of piperazine rings is 1. The highest BCUT2D eigenvalue weighted by Gasteiger charge is 2.21. The normalized spacial score (nSPS) is 20.4. The average molecular weight is 269 g/mol. The van der Waals surface area contributed by atoms with Crippen molar-refractivity contribution in [3.63, 3.8) is 0 Å². The molecule has 1 fully saturated rings. The zero-order chi connectivity index (χ0) is 13.9. The van der Waals surface area contributed by atoms with Gasteiger partial charge in [-0.25, -0.2) is 0 Å². The van der Waals surface area contributed by atoms with Gasteiger partial charge in [0, 0.05) is 43.3 Å². The lowest BCUT2D eigenvalue weighted by molar-refractivity contribution is 0.149. The van der Waals surface area contributed by atoms with Gasteiger partial charge in [-0.2, -0.15) is 0 Å². The Labute approximate surface area is 121 Å². The van der Waals surface area contributed by atoms with E-state index in [2.05, 4.69) is 59.4 Å². The van der Waals surface area contributed by atoms with Gasteiger partial charge in [0.2, 0.25) is 0 Å². The summed E-state index contributed by atoms with van der Waals surface area (Å²) in [6.07, 6.45) is 1.20. The van der Waals surface area contributed by atoms with E-state index in [4.69, 9.17) is 0 Å². The molecule has 1 aliphatic rings. The number of rotatable bonds is 3. The first-order valence-corrected chi connectivity index (χ1v) is 7.58. The smallest absolute Gasteiger partial charge is 0.0708 e. The van der Waals surface area contributed by atoms with Crippen LogP contribution in [0.5, 0.6) is 0 Å². The number of hydrogen-bond donors (Lipinski definition) is 1. The predicted octanol–water partition coefficient (Wildman–Crippen LogP) is 2.73. The fourth-order valence-corrected chi connectivity index (χ4v) is 3.16. The quantitative estimate of drug-likeness (QED) is 0.928. The van der Waals surface area contributed by atoms with Crippen molar-refractivity contribution in [2.75, 3.05) is 19.6 Å². The summed E-state index contributed by atoms with van der Waals surface area (Å²) in [5.74, 6) is 0. The van der Waals surface area contributed by atoms with Gasteiger partial charge in [-0.05, 0) is 31.0 Å². The second kappa shape index (κ2) is 5.90. The summed E-state index contributed by atoms with van der Waals surface area (Å²) in [6, 6.07) is 11.4. The number of hydrogen-bond acceptors (Lipinski definition) is 3. The Bertz CT molecular complexity index is 594. The minimum Gasteiger partial charge on any atom is -0.314 e. The van der Waals surface area contributed by atoms with Gasteiger partial charge in [0.05, 0.1) is 5.52 Å². The van der Waals surface area contributed by atoms with Crippen LogP contribution in [0.2, 0.25) is 0 Å². The second-order valence-corrected chi connectivity index (χ2v) is 5.68. The third-order valence-corrected chi connectivity index (χ3v) is 4.25. The number of fused-ring (bicyclic) bond motifs is 1. The van der Waals surface area contributed by atoms with Gasteiger partial charge in [0.25, 0.3) is 0 Å². The molecule has 2 aromatic rings. The molecular weight excluding hydrogens is 246 g/mol. The van der Waals surface area contributed by atoms with Gasteiger partial charge >= 0.3 is 0 Å². The van der Waals surface area contributed by atoms with E-state index in [0.717, 1.165) is 37.4 Å². The van der Waals surface area contributed by atoms with Crippen LogP contribution in [0.1, 0.15) is 24.6 Å². The molecule has 0 spiro atoms. The lowest BCUT2D eigenvalue weighted by Crippen LogP contribution is -2.50. The zero-order valence-corrected chi connectivity index (χ0v) is 12.4. The Hall–Kier alpha value is -1.45. The summed E-state index contributed by atoms with van der Waals surface area (Å²) in [6.45, 7) is 8.74. The summed E-state index contributed by atoms with van der Waals surface area (Å²) < 4.78 is 0. The van der Waals surface area contributed by atoms with Gasteiger partial charge < -0.3 is 5.32 Å². The van der Waals surface area contributed by atoms with E-state index in [0.29, 0.717) is 6.04 Å². The second-order valence-electron chi connectivity index (χ2n) is 5.68. The molecule has 0 bridgehead atoms. The molecule has 1 aromatic carbocycles. The highest BCUT2D eigenvalue weighted by Crippen LogP contribution is 2.21. The topological polar surface area (TPSA) is 28.2 Å². The van der Waals surface area contributed by atoms with E-state index < -0.39 is 0 Å². The van der Waals surface area contributed by atoms with Crippen LogP contribution < -0.4 is 5.32 Å². The summed E-state index contributed by atoms with van der Waals surface area (Å²) in [5, 5.41) is 4.79. The molecule has 1 N–H and O–H groups in total. The highest BCUT2D eigenvalue weighted by molar-refractivity contribution is 5.82. The minimum atomic E-state index is 0.649. The van der Waals surface area contributed by atoms with Crippen LogP contribution in [-0.2, 0) is 6.54 Å². The molecule has 1 aromatic heterocycles. The molecule has 3 nitrogen and oxygen atoms in total. The third kappa shape index (κ3) is 2.69. The zero-order valence-electron chi connectivity index (χ0n) is 12.4. The molecule has 106 valence electrons. The van der Waals surface area contributed by atoms with Gasteiger partial charge in [-0.1, -0.05) is 25.1 Å². The molecule has 0 amide bonds. The largest absolute Gasteiger partial charge is 0.314 e. The Morgan fingerprint density at radius 1 is 1.35 bits per heavy atom. The minimum absolute atomic E-state index is 0.649. The number of nitrogens with one attached hydrogen (secondary N) is 1. The lowest BCUT2D eigenvalue weighted by atomic mass is 10.0. The van der Waals surface area contributed by atoms with Crippen molar-refractivity contribution >= 4 is 10.9 Å². The molecular formula is C17H23N3. The molecule has 0 aliphatic carbocycles. The summed E-state index contributed by atoms with van der Waals surface area (Å²) >= 11 is 0. The van der Waals surface area contributed by atoms with E-state index in [9.17, 15) is 0 Å². The maximum Gasteiger partial charge on any atom is 0.0708 e. The number of nitrogens with zero attached hydrogens (tertiary/aromatic N) is 2. The maximum atomic E-state index is 4.64. The van der Waals surface area contributed by atoms with Crippen molar-refractivity contribution in [3.8, 4) is 0 Å². The van der Waals surface area contributed by atoms with Gasteiger partial charge in [0.15, 0.2) is 0 Å². The first kappa shape index (κ1) is 13.5. The predicted molar refractivity (Wildman–Crippen MR) is 83.8 cm³/mol. The van der Waals surface area contributed by atoms with Crippen molar-refractivity contribution in [1.82, 2.24) is 15.2 Å². The van der Waals surface area contributed by atoms with Crippen LogP contribution in [0.4, 0.5) is 0 Å². The number of aromatic nitrogens is 1. The number of pyridine rings is 1. The Morgan fingerprint density at radius 3 is 3.05 bits per heavy atom. The summed E-state index contributed by atoms with van der Waals surface area (Å²) in [5.41, 5.74) is 3.64. The first-order valence-electron chi connectivity index (χ1n) is 7.58. The van der Waals surface area contributed by atoms with Crippen molar-refractivity contribution < 1.29 is 0 Å². The molecule has 1 unspecified atom stereocenters. The lowest BCUT2D eigenvalue weighted by Gasteiger charge is -2.36. The van der Waals surface area contributed by atoms with Crippen molar-refractivity contribution in [2.24, 2.45) is 0 Å². The van der Waals surface area contributed by atoms with Gasteiger partial charge in [-0.15, -0.1) is 0 Å². The van der Waals surface area contributed by atoms with E-state index >= 15 is 0 Å². The molecule has 2 heterocycles. The van der Waals surface area contributed by atoms with E-state index in [-0.39, 0.29) is 0 Å². The number of para-hydroxylation sites is 1. The third-order valence-electron chi connectivity index (χ3n) is 4.25. The Balaban J connectivity index is 1.93. The van der Waals surface area contributed by atoms with E-state index in [1.807, 2.05) is 0 Å². The Morgan fingerprint density at radius 2 is 2.20 bits per heavy atom. The van der Waals surface area contributed by atoms with Crippen molar-refractivity contribution in [1.29, 1.82) is 0 Å². The fraction of sp³-hybridized carbons (Fsp3) is 0.471. The van der Waals surface area contributed by atoms with Crippen molar-refractivity contribution in [2.45, 2.75) is 32.9 Å². The van der Waals surface area contributed by atoms with E-state index in [1.54, 1.807) is 0 Å². The van der Waals surface area contributed by atoms with Crippen LogP contribution in [0, 0.1) is 6.92 Å².